The first-order valence-electron chi connectivity index (χ1n) is 12.4. The molecule has 0 saturated heterocycles. The Bertz CT molecular complexity index is 1970. The van der Waals surface area contributed by atoms with Crippen LogP contribution in [-0.4, -0.2) is 34.2 Å². The van der Waals surface area contributed by atoms with E-state index in [1.165, 1.54) is 43.8 Å². The van der Waals surface area contributed by atoms with Crippen molar-refractivity contribution >= 4 is 22.4 Å². The molecule has 10 nitrogen and oxygen atoms in total. The van der Waals surface area contributed by atoms with Gasteiger partial charge in [0, 0.05) is 11.1 Å². The number of halogens is 6. The quantitative estimate of drug-likeness (QED) is 0.193. The predicted octanol–water partition coefficient (Wildman–Crippen LogP) is 6.34. The van der Waals surface area contributed by atoms with E-state index in [0.29, 0.717) is 11.0 Å². The molecule has 0 unspecified atom stereocenters. The van der Waals surface area contributed by atoms with Crippen LogP contribution in [0.5, 0.6) is 11.5 Å². The maximum Gasteiger partial charge on any atom is 0.419 e. The molecule has 3 aromatic heterocycles. The number of aromatic amines is 1. The standard InChI is InChI=1S/C15H9F3N4O.C14H11F3N4O/c1-23-13-3-2-8(4-9(13)15(16,17)18)10-5-11-14(21-7-20-11)12(6-19)22-10;1-22-12-3-2-7(4-8(12)14(15,16)17)10-5-9(19)13(20)11(6-18)21-10/h2-5,7H,1H3,(H,20,21);2-5H,20H2,1H3,(H2,19,21). The van der Waals surface area contributed by atoms with Gasteiger partial charge in [-0.15, -0.1) is 0 Å². The molecule has 0 saturated carbocycles. The van der Waals surface area contributed by atoms with E-state index >= 15 is 0 Å². The van der Waals surface area contributed by atoms with E-state index in [2.05, 4.69) is 19.9 Å². The maximum atomic E-state index is 13.1. The molecule has 5 rings (SSSR count). The Morgan fingerprint density at radius 2 is 1.22 bits per heavy atom. The van der Waals surface area contributed by atoms with Crippen LogP contribution in [0.4, 0.5) is 37.7 Å². The van der Waals surface area contributed by atoms with Crippen molar-refractivity contribution in [1.82, 2.24) is 19.9 Å². The Morgan fingerprint density at radius 3 is 1.69 bits per heavy atom. The summed E-state index contributed by atoms with van der Waals surface area (Å²) in [5.41, 5.74) is 11.0. The highest BCUT2D eigenvalue weighted by Gasteiger charge is 2.35. The van der Waals surface area contributed by atoms with Crippen LogP contribution in [0.25, 0.3) is 33.5 Å². The monoisotopic (exact) mass is 626 g/mol. The van der Waals surface area contributed by atoms with Gasteiger partial charge in [0.05, 0.1) is 60.0 Å². The molecular formula is C29H20F6N8O2. The summed E-state index contributed by atoms with van der Waals surface area (Å²) in [5.74, 6) is -0.579. The zero-order valence-electron chi connectivity index (χ0n) is 23.2. The fourth-order valence-electron chi connectivity index (χ4n) is 4.16. The minimum absolute atomic E-state index is 0.00388. The maximum absolute atomic E-state index is 13.1. The third-order valence-electron chi connectivity index (χ3n) is 6.31. The lowest BCUT2D eigenvalue weighted by Crippen LogP contribution is -2.08. The van der Waals surface area contributed by atoms with Gasteiger partial charge < -0.3 is 25.9 Å². The second kappa shape index (κ2) is 12.3. The van der Waals surface area contributed by atoms with Crippen LogP contribution < -0.4 is 20.9 Å². The van der Waals surface area contributed by atoms with Crippen molar-refractivity contribution in [3.8, 4) is 46.2 Å². The minimum atomic E-state index is -4.58. The molecule has 16 heteroatoms. The lowest BCUT2D eigenvalue weighted by atomic mass is 10.0. The molecule has 0 radical (unpaired) electrons. The lowest BCUT2D eigenvalue weighted by molar-refractivity contribution is -0.139. The third kappa shape index (κ3) is 6.65. The summed E-state index contributed by atoms with van der Waals surface area (Å²) in [5, 5.41) is 18.1. The number of aromatic nitrogens is 4. The Hall–Kier alpha value is -6.03. The number of alkyl halides is 6. The number of fused-ring (bicyclic) bond motifs is 1. The average molecular weight is 627 g/mol. The van der Waals surface area contributed by atoms with Crippen LogP contribution in [-0.2, 0) is 12.4 Å². The molecule has 5 aromatic rings. The van der Waals surface area contributed by atoms with Crippen molar-refractivity contribution in [2.45, 2.75) is 12.4 Å². The number of methoxy groups -OCH3 is 2. The van der Waals surface area contributed by atoms with E-state index in [-0.39, 0.29) is 56.8 Å². The van der Waals surface area contributed by atoms with Gasteiger partial charge in [-0.05, 0) is 48.5 Å². The summed E-state index contributed by atoms with van der Waals surface area (Å²) in [4.78, 5) is 14.8. The molecule has 0 atom stereocenters. The Labute approximate surface area is 250 Å². The van der Waals surface area contributed by atoms with E-state index in [1.807, 2.05) is 6.07 Å². The van der Waals surface area contributed by atoms with E-state index in [4.69, 9.17) is 31.5 Å². The number of pyridine rings is 2. The summed E-state index contributed by atoms with van der Waals surface area (Å²) in [7, 11) is 2.32. The van der Waals surface area contributed by atoms with Gasteiger partial charge in [0.2, 0.25) is 0 Å². The SMILES string of the molecule is COc1ccc(-c2cc(N)c(N)c(C#N)n2)cc1C(F)(F)F.COc1ccc(-c2cc3[nH]cnc3c(C#N)n2)cc1C(F)(F)F. The van der Waals surface area contributed by atoms with Gasteiger partial charge in [-0.1, -0.05) is 0 Å². The normalized spacial score (nSPS) is 11.2. The smallest absolute Gasteiger partial charge is 0.419 e. The summed E-state index contributed by atoms with van der Waals surface area (Å²) >= 11 is 0. The number of anilines is 2. The first-order valence-corrected chi connectivity index (χ1v) is 12.4. The number of H-pyrrole nitrogens is 1. The number of hydrogen-bond acceptors (Lipinski definition) is 9. The van der Waals surface area contributed by atoms with Crippen molar-refractivity contribution in [1.29, 1.82) is 10.5 Å². The van der Waals surface area contributed by atoms with E-state index < -0.39 is 23.5 Å². The summed E-state index contributed by atoms with van der Waals surface area (Å²) in [6.45, 7) is 0. The van der Waals surface area contributed by atoms with Crippen LogP contribution in [0, 0.1) is 22.7 Å². The van der Waals surface area contributed by atoms with E-state index in [1.54, 1.807) is 12.1 Å². The number of nitrogens with two attached hydrogens (primary N) is 2. The van der Waals surface area contributed by atoms with Gasteiger partial charge in [0.1, 0.15) is 29.2 Å². The van der Waals surface area contributed by atoms with Gasteiger partial charge in [-0.25, -0.2) is 15.0 Å². The molecule has 5 N–H and O–H groups in total. The second-order valence-corrected chi connectivity index (χ2v) is 9.06. The zero-order chi connectivity index (χ0) is 33.1. The number of imidazole rings is 1. The van der Waals surface area contributed by atoms with Crippen molar-refractivity contribution in [2.24, 2.45) is 0 Å². The molecule has 0 aliphatic heterocycles. The molecule has 0 amide bonds. The summed E-state index contributed by atoms with van der Waals surface area (Å²) in [6, 6.07) is 13.6. The molecule has 0 fully saturated rings. The fourth-order valence-corrected chi connectivity index (χ4v) is 4.16. The number of nitrogens with one attached hydrogen (secondary N) is 1. The highest BCUT2D eigenvalue weighted by Crippen LogP contribution is 2.40. The van der Waals surface area contributed by atoms with Crippen molar-refractivity contribution in [2.75, 3.05) is 25.7 Å². The number of nitrogens with zero attached hydrogens (tertiary/aromatic N) is 5. The number of rotatable bonds is 4. The van der Waals surface area contributed by atoms with Gasteiger partial charge in [-0.2, -0.15) is 36.9 Å². The van der Waals surface area contributed by atoms with Gasteiger partial charge in [0.25, 0.3) is 0 Å². The number of nitriles is 2. The largest absolute Gasteiger partial charge is 0.496 e. The fraction of sp³-hybridized carbons (Fsp3) is 0.138. The zero-order valence-corrected chi connectivity index (χ0v) is 23.2. The third-order valence-corrected chi connectivity index (χ3v) is 6.31. The molecule has 0 aliphatic carbocycles. The molecule has 45 heavy (non-hydrogen) atoms. The van der Waals surface area contributed by atoms with Crippen LogP contribution in [0.2, 0.25) is 0 Å². The highest BCUT2D eigenvalue weighted by atomic mass is 19.4. The lowest BCUT2D eigenvalue weighted by Gasteiger charge is -2.14. The summed E-state index contributed by atoms with van der Waals surface area (Å²) < 4.78 is 87.9. The predicted molar refractivity (Wildman–Crippen MR) is 150 cm³/mol. The topological polar surface area (TPSA) is 173 Å². The number of ether oxygens (including phenoxy) is 2. The molecule has 0 bridgehead atoms. The van der Waals surface area contributed by atoms with Crippen molar-refractivity contribution < 1.29 is 35.8 Å². The molecule has 0 spiro atoms. The summed E-state index contributed by atoms with van der Waals surface area (Å²) in [6.07, 6.45) is -7.75. The Morgan fingerprint density at radius 1 is 0.733 bits per heavy atom. The minimum Gasteiger partial charge on any atom is -0.496 e. The number of hydrogen-bond donors (Lipinski definition) is 3. The Balaban J connectivity index is 0.000000205. The number of nitrogen functional groups attached to an aromatic ring is 2. The van der Waals surface area contributed by atoms with Crippen LogP contribution in [0.3, 0.4) is 0 Å². The van der Waals surface area contributed by atoms with Gasteiger partial charge in [0.15, 0.2) is 11.4 Å². The first-order chi connectivity index (χ1) is 21.2. The first kappa shape index (κ1) is 31.9. The van der Waals surface area contributed by atoms with Crippen LogP contribution >= 0.6 is 0 Å². The van der Waals surface area contributed by atoms with Gasteiger partial charge in [-0.3, -0.25) is 0 Å². The molecule has 3 heterocycles. The average Bonchev–Trinajstić information content (AvgIpc) is 3.49. The van der Waals surface area contributed by atoms with E-state index in [0.717, 1.165) is 19.2 Å². The molecule has 0 aliphatic rings. The van der Waals surface area contributed by atoms with Crippen molar-refractivity contribution in [3.63, 3.8) is 0 Å². The molecule has 2 aromatic carbocycles. The molecule has 230 valence electrons. The van der Waals surface area contributed by atoms with Crippen molar-refractivity contribution in [3.05, 3.63) is 77.4 Å². The number of benzene rings is 2. The van der Waals surface area contributed by atoms with Gasteiger partial charge >= 0.3 is 12.4 Å². The van der Waals surface area contributed by atoms with E-state index in [9.17, 15) is 26.3 Å². The molecular weight excluding hydrogens is 606 g/mol. The highest BCUT2D eigenvalue weighted by molar-refractivity contribution is 5.83. The Kier molecular flexibility index (Phi) is 8.71. The van der Waals surface area contributed by atoms with Crippen LogP contribution in [0.1, 0.15) is 22.5 Å². The second-order valence-electron chi connectivity index (χ2n) is 9.06. The van der Waals surface area contributed by atoms with Crippen LogP contribution in [0.15, 0.2) is 54.9 Å².